The number of carboxylic acid groups (broad SMARTS) is 1. The molecular formula is C24H24F3N5O3. The first kappa shape index (κ1) is 24.4. The highest BCUT2D eigenvalue weighted by molar-refractivity contribution is 5.92. The molecule has 3 heterocycles. The van der Waals surface area contributed by atoms with Gasteiger partial charge in [0, 0.05) is 57.1 Å². The van der Waals surface area contributed by atoms with Crippen LogP contribution in [0.3, 0.4) is 0 Å². The number of carboxylic acids is 1. The topological polar surface area (TPSA) is 100 Å². The molecule has 35 heavy (non-hydrogen) atoms. The molecule has 3 atom stereocenters. The first-order valence-electron chi connectivity index (χ1n) is 10.9. The van der Waals surface area contributed by atoms with Crippen LogP contribution in [0.1, 0.15) is 39.1 Å². The van der Waals surface area contributed by atoms with E-state index < -0.39 is 12.1 Å². The normalized spacial score (nSPS) is 21.0. The van der Waals surface area contributed by atoms with Crippen molar-refractivity contribution in [3.8, 4) is 0 Å². The Labute approximate surface area is 199 Å². The molecular weight excluding hydrogens is 463 g/mol. The number of aromatic nitrogens is 3. The molecule has 2 aliphatic rings. The highest BCUT2D eigenvalue weighted by Crippen LogP contribution is 2.49. The molecule has 184 valence electrons. The predicted octanol–water partition coefficient (Wildman–Crippen LogP) is 3.15. The van der Waals surface area contributed by atoms with Crippen molar-refractivity contribution in [2.45, 2.75) is 24.7 Å². The first-order valence-corrected chi connectivity index (χ1v) is 10.9. The van der Waals surface area contributed by atoms with Gasteiger partial charge in [-0.25, -0.2) is 4.79 Å². The van der Waals surface area contributed by atoms with Gasteiger partial charge in [-0.2, -0.15) is 18.3 Å². The predicted molar refractivity (Wildman–Crippen MR) is 119 cm³/mol. The summed E-state index contributed by atoms with van der Waals surface area (Å²) < 4.78 is 33.4. The van der Waals surface area contributed by atoms with Gasteiger partial charge in [0.15, 0.2) is 0 Å². The summed E-state index contributed by atoms with van der Waals surface area (Å²) in [5.74, 6) is -1.99. The number of aryl methyl sites for hydroxylation is 1. The van der Waals surface area contributed by atoms with Gasteiger partial charge in [-0.3, -0.25) is 19.4 Å². The van der Waals surface area contributed by atoms with Crippen molar-refractivity contribution in [2.24, 2.45) is 13.0 Å². The number of likely N-dealkylation sites (tertiary alicyclic amines) is 1. The molecule has 0 saturated carbocycles. The number of amides is 1. The third kappa shape index (κ3) is 5.35. The molecule has 0 bridgehead atoms. The van der Waals surface area contributed by atoms with Crippen LogP contribution in [0, 0.1) is 5.92 Å². The number of benzene rings is 1. The first-order chi connectivity index (χ1) is 16.6. The van der Waals surface area contributed by atoms with Crippen LogP contribution in [0.5, 0.6) is 0 Å². The van der Waals surface area contributed by atoms with Crippen molar-refractivity contribution in [3.63, 3.8) is 0 Å². The highest BCUT2D eigenvalue weighted by atomic mass is 19.4. The molecule has 3 aromatic rings. The number of carbonyl (C=O) groups excluding carboxylic acids is 1. The van der Waals surface area contributed by atoms with Gasteiger partial charge >= 0.3 is 12.1 Å². The number of aliphatic carboxylic acids is 1. The molecule has 5 rings (SSSR count). The second kappa shape index (κ2) is 9.87. The van der Waals surface area contributed by atoms with Crippen LogP contribution in [0.2, 0.25) is 0 Å². The Kier molecular flexibility index (Phi) is 6.88. The minimum atomic E-state index is -5.08. The van der Waals surface area contributed by atoms with Crippen LogP contribution in [-0.4, -0.2) is 55.9 Å². The summed E-state index contributed by atoms with van der Waals surface area (Å²) in [4.78, 5) is 28.5. The fourth-order valence-corrected chi connectivity index (χ4v) is 4.82. The highest BCUT2D eigenvalue weighted by Gasteiger charge is 2.46. The van der Waals surface area contributed by atoms with E-state index in [1.807, 2.05) is 18.5 Å². The van der Waals surface area contributed by atoms with E-state index in [-0.39, 0.29) is 11.9 Å². The summed E-state index contributed by atoms with van der Waals surface area (Å²) in [5.41, 5.74) is 4.45. The van der Waals surface area contributed by atoms with Gasteiger partial charge in [-0.1, -0.05) is 30.3 Å². The van der Waals surface area contributed by atoms with Crippen LogP contribution in [0.15, 0.2) is 61.1 Å². The lowest BCUT2D eigenvalue weighted by molar-refractivity contribution is -0.192. The van der Waals surface area contributed by atoms with Gasteiger partial charge in [-0.15, -0.1) is 0 Å². The lowest BCUT2D eigenvalue weighted by atomic mass is 9.94. The third-order valence-electron chi connectivity index (χ3n) is 6.31. The molecule has 1 aromatic carbocycles. The number of alkyl halides is 3. The number of rotatable bonds is 4. The molecule has 1 aliphatic heterocycles. The number of hydrogen-bond acceptors (Lipinski definition) is 5. The molecule has 0 radical (unpaired) electrons. The second-order valence-electron chi connectivity index (χ2n) is 8.55. The van der Waals surface area contributed by atoms with Gasteiger partial charge < -0.3 is 10.4 Å². The summed E-state index contributed by atoms with van der Waals surface area (Å²) in [6.45, 7) is 2.87. The largest absolute Gasteiger partial charge is 0.490 e. The quantitative estimate of drug-likeness (QED) is 0.587. The molecule has 0 spiro atoms. The van der Waals surface area contributed by atoms with Crippen LogP contribution < -0.4 is 5.32 Å². The lowest BCUT2D eigenvalue weighted by Crippen LogP contribution is -2.34. The molecule has 2 N–H and O–H groups in total. The Balaban J connectivity index is 0.000000364. The van der Waals surface area contributed by atoms with Gasteiger partial charge in [0.05, 0.1) is 6.04 Å². The zero-order valence-electron chi connectivity index (χ0n) is 18.8. The Bertz CT molecular complexity index is 1200. The van der Waals surface area contributed by atoms with Crippen molar-refractivity contribution in [1.82, 2.24) is 25.0 Å². The average Bonchev–Trinajstić information content (AvgIpc) is 3.50. The van der Waals surface area contributed by atoms with Crippen LogP contribution in [0.25, 0.3) is 0 Å². The minimum absolute atomic E-state index is 0.0301. The SMILES string of the molecule is Cn1nccc1C(=O)N[C@@H]1c2ccccc2[C@@H]2CN(Cc3cccnc3)C[C@H]12.O=C(O)C(F)(F)F. The summed E-state index contributed by atoms with van der Waals surface area (Å²) in [6.07, 6.45) is 0.317. The fourth-order valence-electron chi connectivity index (χ4n) is 4.82. The maximum Gasteiger partial charge on any atom is 0.490 e. The average molecular weight is 487 g/mol. The fraction of sp³-hybridized carbons (Fsp3) is 0.333. The Hall–Kier alpha value is -3.73. The van der Waals surface area contributed by atoms with Gasteiger partial charge in [0.25, 0.3) is 5.91 Å². The van der Waals surface area contributed by atoms with E-state index in [0.29, 0.717) is 17.5 Å². The Morgan fingerprint density at radius 1 is 1.09 bits per heavy atom. The number of halogens is 3. The summed E-state index contributed by atoms with van der Waals surface area (Å²) in [6, 6.07) is 14.4. The van der Waals surface area contributed by atoms with Gasteiger partial charge in [0.2, 0.25) is 0 Å². The van der Waals surface area contributed by atoms with E-state index in [2.05, 4.69) is 50.6 Å². The molecule has 11 heteroatoms. The molecule has 2 aromatic heterocycles. The van der Waals surface area contributed by atoms with E-state index in [1.165, 1.54) is 16.7 Å². The van der Waals surface area contributed by atoms with Gasteiger partial charge in [-0.05, 0) is 28.8 Å². The van der Waals surface area contributed by atoms with E-state index in [9.17, 15) is 18.0 Å². The minimum Gasteiger partial charge on any atom is -0.475 e. The zero-order chi connectivity index (χ0) is 25.2. The molecule has 1 saturated heterocycles. The van der Waals surface area contributed by atoms with Crippen LogP contribution in [0.4, 0.5) is 13.2 Å². The lowest BCUT2D eigenvalue weighted by Gasteiger charge is -2.23. The Morgan fingerprint density at radius 2 is 1.80 bits per heavy atom. The smallest absolute Gasteiger partial charge is 0.475 e. The molecule has 1 fully saturated rings. The van der Waals surface area contributed by atoms with Crippen molar-refractivity contribution in [1.29, 1.82) is 0 Å². The number of nitrogens with one attached hydrogen (secondary N) is 1. The number of carbonyl (C=O) groups is 2. The third-order valence-corrected chi connectivity index (χ3v) is 6.31. The van der Waals surface area contributed by atoms with Crippen molar-refractivity contribution in [3.05, 3.63) is 83.4 Å². The number of hydrogen-bond donors (Lipinski definition) is 2. The molecule has 1 aliphatic carbocycles. The second-order valence-corrected chi connectivity index (χ2v) is 8.55. The van der Waals surface area contributed by atoms with Crippen molar-refractivity contribution in [2.75, 3.05) is 13.1 Å². The standard InChI is InChI=1S/C22H23N5O.C2HF3O2/c1-26-20(8-10-24-26)22(28)25-21-17-7-3-2-6-16(17)18-13-27(14-19(18)21)12-15-5-4-9-23-11-15;3-2(4,5)1(6)7/h2-11,18-19,21H,12-14H2,1H3,(H,25,28);(H,6,7)/t18-,19-,21+;/m0./s1. The summed E-state index contributed by atoms with van der Waals surface area (Å²) in [7, 11) is 1.80. The summed E-state index contributed by atoms with van der Waals surface area (Å²) in [5, 5.41) is 14.5. The number of fused-ring (bicyclic) bond motifs is 3. The monoisotopic (exact) mass is 487 g/mol. The molecule has 1 amide bonds. The number of nitrogens with zero attached hydrogens (tertiary/aromatic N) is 4. The van der Waals surface area contributed by atoms with E-state index in [4.69, 9.17) is 9.90 Å². The summed E-state index contributed by atoms with van der Waals surface area (Å²) >= 11 is 0. The van der Waals surface area contributed by atoms with E-state index >= 15 is 0 Å². The maximum absolute atomic E-state index is 12.9. The van der Waals surface area contributed by atoms with E-state index in [0.717, 1.165) is 19.6 Å². The van der Waals surface area contributed by atoms with E-state index in [1.54, 1.807) is 24.0 Å². The maximum atomic E-state index is 12.9. The van der Waals surface area contributed by atoms with Gasteiger partial charge in [0.1, 0.15) is 5.69 Å². The van der Waals surface area contributed by atoms with Crippen molar-refractivity contribution >= 4 is 11.9 Å². The van der Waals surface area contributed by atoms with Crippen molar-refractivity contribution < 1.29 is 27.9 Å². The van der Waals surface area contributed by atoms with Crippen LogP contribution >= 0.6 is 0 Å². The molecule has 0 unspecified atom stereocenters. The number of pyridine rings is 1. The Morgan fingerprint density at radius 3 is 2.40 bits per heavy atom. The van der Waals surface area contributed by atoms with Crippen LogP contribution in [-0.2, 0) is 18.4 Å². The molecule has 8 nitrogen and oxygen atoms in total. The zero-order valence-corrected chi connectivity index (χ0v) is 18.8.